The van der Waals surface area contributed by atoms with Gasteiger partial charge in [0.05, 0.1) is 4.90 Å². The van der Waals surface area contributed by atoms with Gasteiger partial charge in [-0.05, 0) is 36.5 Å². The number of carbonyl (C=O) groups is 1. The zero-order valence-corrected chi connectivity index (χ0v) is 17.6. The van der Waals surface area contributed by atoms with E-state index in [4.69, 9.17) is 0 Å². The van der Waals surface area contributed by atoms with Crippen LogP contribution in [0.25, 0.3) is 5.57 Å². The maximum absolute atomic E-state index is 13.6. The fourth-order valence-corrected chi connectivity index (χ4v) is 4.04. The molecule has 1 aromatic carbocycles. The molecule has 1 fully saturated rings. The second kappa shape index (κ2) is 9.00. The minimum absolute atomic E-state index is 0.00159. The SMILES string of the molecule is CS(=O)(=O)c1ccc(/C(=C\C2CC(F)C(F)C2)C(=O)Nc2ccn(CC(F)(F)F)n2)cc1. The van der Waals surface area contributed by atoms with E-state index in [1.54, 1.807) is 0 Å². The molecule has 6 nitrogen and oxygen atoms in total. The summed E-state index contributed by atoms with van der Waals surface area (Å²) in [6, 6.07) is 6.50. The zero-order chi connectivity index (χ0) is 23.7. The first-order chi connectivity index (χ1) is 14.8. The molecule has 2 unspecified atom stereocenters. The number of hydrogen-bond donors (Lipinski definition) is 1. The first-order valence-corrected chi connectivity index (χ1v) is 11.4. The summed E-state index contributed by atoms with van der Waals surface area (Å²) in [4.78, 5) is 12.9. The maximum atomic E-state index is 13.6. The Kier molecular flexibility index (Phi) is 6.72. The summed E-state index contributed by atoms with van der Waals surface area (Å²) in [6.45, 7) is -1.34. The van der Waals surface area contributed by atoms with Gasteiger partial charge in [-0.25, -0.2) is 17.2 Å². The molecular formula is C20H20F5N3O3S. The van der Waals surface area contributed by atoms with E-state index < -0.39 is 46.7 Å². The lowest BCUT2D eigenvalue weighted by atomic mass is 9.98. The summed E-state index contributed by atoms with van der Waals surface area (Å²) in [7, 11) is -3.49. The van der Waals surface area contributed by atoms with E-state index >= 15 is 0 Å². The number of rotatable bonds is 6. The predicted molar refractivity (Wildman–Crippen MR) is 107 cm³/mol. The van der Waals surface area contributed by atoms with Crippen molar-refractivity contribution >= 4 is 27.1 Å². The van der Waals surface area contributed by atoms with Gasteiger partial charge in [-0.15, -0.1) is 0 Å². The number of hydrogen-bond acceptors (Lipinski definition) is 4. The molecule has 1 heterocycles. The number of benzene rings is 1. The molecule has 0 saturated heterocycles. The second-order valence-corrected chi connectivity index (χ2v) is 9.62. The molecule has 0 bridgehead atoms. The molecule has 12 heteroatoms. The van der Waals surface area contributed by atoms with Gasteiger partial charge in [-0.3, -0.25) is 9.48 Å². The number of aromatic nitrogens is 2. The largest absolute Gasteiger partial charge is 0.408 e. The molecule has 32 heavy (non-hydrogen) atoms. The molecule has 1 saturated carbocycles. The van der Waals surface area contributed by atoms with E-state index in [1.807, 2.05) is 0 Å². The standard InChI is InChI=1S/C20H20F5N3O3S/c1-32(30,31)14-4-2-13(3-5-14)15(8-12-9-16(21)17(22)10-12)19(29)26-18-6-7-28(27-18)11-20(23,24)25/h2-8,12,16-17H,9-11H2,1H3,(H,26,27,29)/b15-8+. The van der Waals surface area contributed by atoms with Crippen molar-refractivity contribution in [2.75, 3.05) is 11.6 Å². The highest BCUT2D eigenvalue weighted by atomic mass is 32.2. The normalized spacial score (nSPS) is 22.2. The summed E-state index contributed by atoms with van der Waals surface area (Å²) < 4.78 is 88.7. The predicted octanol–water partition coefficient (Wildman–Crippen LogP) is 3.96. The van der Waals surface area contributed by atoms with E-state index in [2.05, 4.69) is 10.4 Å². The van der Waals surface area contributed by atoms with Crippen LogP contribution in [-0.2, 0) is 21.2 Å². The smallest absolute Gasteiger partial charge is 0.305 e. The van der Waals surface area contributed by atoms with Crippen LogP contribution in [0.5, 0.6) is 0 Å². The minimum atomic E-state index is -4.49. The van der Waals surface area contributed by atoms with Crippen molar-refractivity contribution in [3.8, 4) is 0 Å². The lowest BCUT2D eigenvalue weighted by Gasteiger charge is -2.12. The van der Waals surface area contributed by atoms with E-state index in [9.17, 15) is 35.2 Å². The Hall–Kier alpha value is -2.76. The third kappa shape index (κ3) is 6.15. The molecule has 3 rings (SSSR count). The van der Waals surface area contributed by atoms with Crippen LogP contribution in [-0.4, -0.2) is 48.9 Å². The van der Waals surface area contributed by atoms with Crippen molar-refractivity contribution in [2.45, 2.75) is 42.8 Å². The van der Waals surface area contributed by atoms with Crippen molar-refractivity contribution in [1.82, 2.24) is 9.78 Å². The molecule has 1 N–H and O–H groups in total. The van der Waals surface area contributed by atoms with Gasteiger partial charge in [0, 0.05) is 24.1 Å². The van der Waals surface area contributed by atoms with Gasteiger partial charge in [0.1, 0.15) is 18.9 Å². The maximum Gasteiger partial charge on any atom is 0.408 e. The van der Waals surface area contributed by atoms with Gasteiger partial charge in [-0.1, -0.05) is 18.2 Å². The van der Waals surface area contributed by atoms with E-state index in [0.717, 1.165) is 12.5 Å². The molecule has 1 amide bonds. The van der Waals surface area contributed by atoms with Crippen LogP contribution in [0.1, 0.15) is 18.4 Å². The average molecular weight is 477 g/mol. The molecule has 0 spiro atoms. The lowest BCUT2D eigenvalue weighted by Crippen LogP contribution is -2.19. The molecule has 174 valence electrons. The number of allylic oxidation sites excluding steroid dienone is 1. The molecular weight excluding hydrogens is 457 g/mol. The van der Waals surface area contributed by atoms with Gasteiger partial charge in [-0.2, -0.15) is 18.3 Å². The van der Waals surface area contributed by atoms with Gasteiger partial charge < -0.3 is 5.32 Å². The van der Waals surface area contributed by atoms with Crippen LogP contribution < -0.4 is 5.32 Å². The van der Waals surface area contributed by atoms with Crippen LogP contribution in [0.2, 0.25) is 0 Å². The molecule has 0 radical (unpaired) electrons. The number of anilines is 1. The summed E-state index contributed by atoms with van der Waals surface area (Å²) in [5.74, 6) is -1.48. The molecule has 1 aliphatic rings. The van der Waals surface area contributed by atoms with Crippen molar-refractivity contribution in [3.63, 3.8) is 0 Å². The number of alkyl halides is 5. The Morgan fingerprint density at radius 3 is 2.28 bits per heavy atom. The fourth-order valence-electron chi connectivity index (χ4n) is 3.41. The van der Waals surface area contributed by atoms with Crippen molar-refractivity contribution in [1.29, 1.82) is 0 Å². The zero-order valence-electron chi connectivity index (χ0n) is 16.8. The number of carbonyl (C=O) groups excluding carboxylic acids is 1. The highest BCUT2D eigenvalue weighted by Crippen LogP contribution is 2.34. The Bertz CT molecular complexity index is 1100. The summed E-state index contributed by atoms with van der Waals surface area (Å²) in [5.41, 5.74) is 0.282. The molecule has 1 aliphatic carbocycles. The number of halogens is 5. The van der Waals surface area contributed by atoms with Crippen LogP contribution >= 0.6 is 0 Å². The van der Waals surface area contributed by atoms with Crippen LogP contribution in [0.15, 0.2) is 47.5 Å². The monoisotopic (exact) mass is 477 g/mol. The van der Waals surface area contributed by atoms with Crippen LogP contribution in [0.4, 0.5) is 27.8 Å². The van der Waals surface area contributed by atoms with Gasteiger partial charge in [0.15, 0.2) is 15.7 Å². The Labute approximate surface area is 181 Å². The molecule has 0 aliphatic heterocycles. The average Bonchev–Trinajstić information content (AvgIpc) is 3.23. The highest BCUT2D eigenvalue weighted by molar-refractivity contribution is 7.90. The molecule has 1 aromatic heterocycles. The van der Waals surface area contributed by atoms with Gasteiger partial charge in [0.25, 0.3) is 5.91 Å². The summed E-state index contributed by atoms with van der Waals surface area (Å²) >= 11 is 0. The van der Waals surface area contributed by atoms with Crippen LogP contribution in [0.3, 0.4) is 0 Å². The molecule has 2 aromatic rings. The Morgan fingerprint density at radius 1 is 1.16 bits per heavy atom. The number of amides is 1. The summed E-state index contributed by atoms with van der Waals surface area (Å²) in [6.07, 6.45) is -4.61. The highest BCUT2D eigenvalue weighted by Gasteiger charge is 2.34. The first-order valence-electron chi connectivity index (χ1n) is 9.54. The van der Waals surface area contributed by atoms with Crippen molar-refractivity contribution in [3.05, 3.63) is 48.2 Å². The van der Waals surface area contributed by atoms with Crippen molar-refractivity contribution < 1.29 is 35.2 Å². The lowest BCUT2D eigenvalue weighted by molar-refractivity contribution is -0.142. The van der Waals surface area contributed by atoms with Crippen molar-refractivity contribution in [2.24, 2.45) is 5.92 Å². The minimum Gasteiger partial charge on any atom is -0.305 e. The van der Waals surface area contributed by atoms with E-state index in [1.165, 1.54) is 36.4 Å². The van der Waals surface area contributed by atoms with Gasteiger partial charge in [0.2, 0.25) is 0 Å². The van der Waals surface area contributed by atoms with E-state index in [0.29, 0.717) is 4.68 Å². The number of nitrogens with one attached hydrogen (secondary N) is 1. The Balaban J connectivity index is 1.88. The number of nitrogens with zero attached hydrogens (tertiary/aromatic N) is 2. The van der Waals surface area contributed by atoms with Crippen LogP contribution in [0, 0.1) is 5.92 Å². The van der Waals surface area contributed by atoms with Gasteiger partial charge >= 0.3 is 6.18 Å². The Morgan fingerprint density at radius 2 is 1.75 bits per heavy atom. The third-order valence-electron chi connectivity index (χ3n) is 4.91. The summed E-state index contributed by atoms with van der Waals surface area (Å²) in [5, 5.41) is 6.03. The topological polar surface area (TPSA) is 81.1 Å². The molecule has 2 atom stereocenters. The quantitative estimate of drug-likeness (QED) is 0.505. The third-order valence-corrected chi connectivity index (χ3v) is 6.04. The second-order valence-electron chi connectivity index (χ2n) is 7.61. The fraction of sp³-hybridized carbons (Fsp3) is 0.400. The van der Waals surface area contributed by atoms with E-state index in [-0.39, 0.29) is 34.7 Å². The number of sulfone groups is 1. The first kappa shape index (κ1) is 23.9.